The highest BCUT2D eigenvalue weighted by Crippen LogP contribution is 2.45. The monoisotopic (exact) mass is 1310 g/mol. The predicted molar refractivity (Wildman–Crippen MR) is 358 cm³/mol. The summed E-state index contributed by atoms with van der Waals surface area (Å²) in [5, 5.41) is 10.6. The largest absolute Gasteiger partial charge is 0.472 e. The Morgan fingerprint density at radius 3 is 0.798 bits per heavy atom. The molecule has 4 unspecified atom stereocenters. The smallest absolute Gasteiger partial charge is 0.462 e. The minimum Gasteiger partial charge on any atom is -0.462 e. The van der Waals surface area contributed by atoms with Gasteiger partial charge in [-0.05, 0) is 37.5 Å². The summed E-state index contributed by atoms with van der Waals surface area (Å²) in [4.78, 5) is 72.5. The number of phosphoric ester groups is 2. The topological polar surface area (TPSA) is 237 Å². The van der Waals surface area contributed by atoms with Crippen LogP contribution in [0.4, 0.5) is 0 Å². The summed E-state index contributed by atoms with van der Waals surface area (Å²) in [5.74, 6) is -0.615. The molecule has 7 atom stereocenters. The zero-order valence-electron chi connectivity index (χ0n) is 57.7. The molecule has 0 aromatic rings. The minimum absolute atomic E-state index is 0.106. The number of unbranched alkanes of at least 4 members (excludes halogenated alkanes) is 37. The fraction of sp³-hybridized carbons (Fsp3) is 0.943. The predicted octanol–water partition coefficient (Wildman–Crippen LogP) is 20.0. The molecule has 0 radical (unpaired) electrons. The molecule has 0 aromatic carbocycles. The van der Waals surface area contributed by atoms with E-state index in [4.69, 9.17) is 37.0 Å². The molecule has 0 amide bonds. The first-order chi connectivity index (χ1) is 42.9. The van der Waals surface area contributed by atoms with Crippen LogP contribution in [-0.2, 0) is 65.4 Å². The van der Waals surface area contributed by atoms with Gasteiger partial charge in [0, 0.05) is 25.7 Å². The number of aliphatic hydroxyl groups excluding tert-OH is 1. The summed E-state index contributed by atoms with van der Waals surface area (Å²) in [6.45, 7) is 9.51. The maximum absolute atomic E-state index is 13.0. The van der Waals surface area contributed by atoms with Gasteiger partial charge >= 0.3 is 39.5 Å². The Morgan fingerprint density at radius 2 is 0.539 bits per heavy atom. The second-order valence-electron chi connectivity index (χ2n) is 25.8. The number of carbonyl (C=O) groups is 4. The molecule has 0 aromatic heterocycles. The molecule has 0 spiro atoms. The van der Waals surface area contributed by atoms with E-state index >= 15 is 0 Å². The van der Waals surface area contributed by atoms with Crippen molar-refractivity contribution >= 4 is 39.5 Å². The average Bonchev–Trinajstić information content (AvgIpc) is 3.57. The number of ether oxygens (including phenoxy) is 4. The molecule has 0 aliphatic carbocycles. The molecule has 0 aliphatic rings. The highest BCUT2D eigenvalue weighted by molar-refractivity contribution is 7.47. The number of phosphoric acid groups is 2. The molecule has 0 heterocycles. The molecule has 0 saturated carbocycles. The fourth-order valence-electron chi connectivity index (χ4n) is 10.5. The molecule has 0 bridgehead atoms. The van der Waals surface area contributed by atoms with E-state index in [1.807, 2.05) is 0 Å². The van der Waals surface area contributed by atoms with E-state index in [2.05, 4.69) is 41.5 Å². The molecular weight excluding hydrogens is 1170 g/mol. The van der Waals surface area contributed by atoms with Gasteiger partial charge in [-0.25, -0.2) is 9.13 Å². The van der Waals surface area contributed by atoms with Crippen LogP contribution >= 0.6 is 15.6 Å². The molecule has 0 fully saturated rings. The van der Waals surface area contributed by atoms with Crippen molar-refractivity contribution in [1.29, 1.82) is 0 Å². The Kier molecular flexibility index (Phi) is 60.8. The molecule has 528 valence electrons. The van der Waals surface area contributed by atoms with Crippen LogP contribution in [0.3, 0.4) is 0 Å². The van der Waals surface area contributed by atoms with Crippen LogP contribution in [0.15, 0.2) is 0 Å². The lowest BCUT2D eigenvalue weighted by molar-refractivity contribution is -0.161. The Labute approximate surface area is 543 Å². The number of rotatable bonds is 69. The van der Waals surface area contributed by atoms with Crippen molar-refractivity contribution in [2.75, 3.05) is 39.6 Å². The van der Waals surface area contributed by atoms with E-state index in [0.717, 1.165) is 108 Å². The summed E-state index contributed by atoms with van der Waals surface area (Å²) >= 11 is 0. The van der Waals surface area contributed by atoms with Gasteiger partial charge < -0.3 is 33.8 Å². The van der Waals surface area contributed by atoms with Gasteiger partial charge in [-0.3, -0.25) is 37.3 Å². The van der Waals surface area contributed by atoms with Crippen molar-refractivity contribution in [3.63, 3.8) is 0 Å². The standard InChI is InChI=1S/C70H136O17P2/c1-7-11-13-15-17-19-21-22-23-24-25-27-29-35-43-49-55-70(75)86-65(58-80-67(72)52-46-40-33-31-30-32-38-44-50-62(5)9-3)60-84-88(76,77)82-56-64(71)57-83-89(78,79)85-61-66(59-81-68(73)53-47-41-37-36-39-45-51-63(6)10-4)87-69(74)54-48-42-34-28-26-20-18-16-14-12-8-2/h62-66,71H,7-61H2,1-6H3,(H,76,77)(H,78,79)/t62?,63?,64-,65-,66-/m1/s1. The van der Waals surface area contributed by atoms with E-state index in [9.17, 15) is 43.2 Å². The lowest BCUT2D eigenvalue weighted by atomic mass is 9.99. The van der Waals surface area contributed by atoms with Crippen LogP contribution in [0.2, 0.25) is 0 Å². The number of hydrogen-bond acceptors (Lipinski definition) is 15. The quantitative estimate of drug-likeness (QED) is 0.0222. The molecule has 19 heteroatoms. The lowest BCUT2D eigenvalue weighted by Crippen LogP contribution is -2.30. The molecule has 3 N–H and O–H groups in total. The van der Waals surface area contributed by atoms with Crippen molar-refractivity contribution in [3.05, 3.63) is 0 Å². The van der Waals surface area contributed by atoms with Gasteiger partial charge in [-0.15, -0.1) is 0 Å². The summed E-state index contributed by atoms with van der Waals surface area (Å²) in [5.41, 5.74) is 0. The zero-order chi connectivity index (χ0) is 65.7. The number of hydrogen-bond donors (Lipinski definition) is 3. The fourth-order valence-corrected chi connectivity index (χ4v) is 12.1. The minimum atomic E-state index is -4.95. The van der Waals surface area contributed by atoms with Gasteiger partial charge in [0.05, 0.1) is 26.4 Å². The van der Waals surface area contributed by atoms with E-state index in [1.54, 1.807) is 0 Å². The van der Waals surface area contributed by atoms with Crippen molar-refractivity contribution in [3.8, 4) is 0 Å². The summed E-state index contributed by atoms with van der Waals surface area (Å²) in [7, 11) is -9.90. The molecule has 89 heavy (non-hydrogen) atoms. The van der Waals surface area contributed by atoms with E-state index in [0.29, 0.717) is 25.7 Å². The van der Waals surface area contributed by atoms with Crippen molar-refractivity contribution < 1.29 is 80.2 Å². The first-order valence-electron chi connectivity index (χ1n) is 36.6. The first-order valence-corrected chi connectivity index (χ1v) is 39.6. The van der Waals surface area contributed by atoms with Gasteiger partial charge in [0.25, 0.3) is 0 Å². The third-order valence-electron chi connectivity index (χ3n) is 16.9. The number of esters is 4. The maximum Gasteiger partial charge on any atom is 0.472 e. The van der Waals surface area contributed by atoms with E-state index in [1.165, 1.54) is 167 Å². The molecule has 17 nitrogen and oxygen atoms in total. The molecule has 0 rings (SSSR count). The zero-order valence-corrected chi connectivity index (χ0v) is 59.5. The average molecular weight is 1310 g/mol. The Bertz CT molecular complexity index is 1740. The van der Waals surface area contributed by atoms with Crippen LogP contribution < -0.4 is 0 Å². The Morgan fingerprint density at radius 1 is 0.315 bits per heavy atom. The maximum atomic E-state index is 13.0. The highest BCUT2D eigenvalue weighted by atomic mass is 31.2. The van der Waals surface area contributed by atoms with Crippen LogP contribution in [0.25, 0.3) is 0 Å². The van der Waals surface area contributed by atoms with Crippen molar-refractivity contribution in [1.82, 2.24) is 0 Å². The summed E-state index contributed by atoms with van der Waals surface area (Å²) in [6, 6.07) is 0. The van der Waals surface area contributed by atoms with Crippen LogP contribution in [0.1, 0.15) is 356 Å². The van der Waals surface area contributed by atoms with Gasteiger partial charge in [-0.1, -0.05) is 305 Å². The van der Waals surface area contributed by atoms with E-state index in [-0.39, 0.29) is 25.7 Å². The van der Waals surface area contributed by atoms with Crippen molar-refractivity contribution in [2.45, 2.75) is 374 Å². The summed E-state index contributed by atoms with van der Waals surface area (Å²) in [6.07, 6.45) is 47.1. The van der Waals surface area contributed by atoms with Gasteiger partial charge in [0.15, 0.2) is 12.2 Å². The SMILES string of the molecule is CCCCCCCCCCCCCCCCCCC(=O)O[C@H](COC(=O)CCCCCCCCCCC(C)CC)COP(=O)(O)OC[C@@H](O)COP(=O)(O)OC[C@@H](COC(=O)CCCCCCCCC(C)CC)OC(=O)CCCCCCCCCCCCC. The van der Waals surface area contributed by atoms with Gasteiger partial charge in [0.1, 0.15) is 19.3 Å². The molecule has 0 saturated heterocycles. The van der Waals surface area contributed by atoms with E-state index < -0.39 is 97.5 Å². The number of carbonyl (C=O) groups excluding carboxylic acids is 4. The normalized spacial score (nSPS) is 14.8. The van der Waals surface area contributed by atoms with Crippen LogP contribution in [0.5, 0.6) is 0 Å². The van der Waals surface area contributed by atoms with Gasteiger partial charge in [-0.2, -0.15) is 0 Å². The third kappa shape index (κ3) is 62.0. The summed E-state index contributed by atoms with van der Waals surface area (Å²) < 4.78 is 68.3. The Balaban J connectivity index is 5.25. The van der Waals surface area contributed by atoms with Crippen molar-refractivity contribution in [2.24, 2.45) is 11.8 Å². The highest BCUT2D eigenvalue weighted by Gasteiger charge is 2.30. The second kappa shape index (κ2) is 62.2. The Hall–Kier alpha value is -1.94. The number of aliphatic hydroxyl groups is 1. The molecule has 0 aliphatic heterocycles. The first kappa shape index (κ1) is 87.1. The van der Waals surface area contributed by atoms with Crippen LogP contribution in [0, 0.1) is 11.8 Å². The lowest BCUT2D eigenvalue weighted by Gasteiger charge is -2.21. The molecular formula is C70H136O17P2. The van der Waals surface area contributed by atoms with Crippen LogP contribution in [-0.4, -0.2) is 96.7 Å². The third-order valence-corrected chi connectivity index (χ3v) is 18.8. The van der Waals surface area contributed by atoms with Gasteiger partial charge in [0.2, 0.25) is 0 Å². The second-order valence-corrected chi connectivity index (χ2v) is 28.7.